The van der Waals surface area contributed by atoms with Crippen LogP contribution in [0.1, 0.15) is 34.8 Å². The molecule has 25 heavy (non-hydrogen) atoms. The van der Waals surface area contributed by atoms with Crippen molar-refractivity contribution in [1.82, 2.24) is 20.0 Å². The summed E-state index contributed by atoms with van der Waals surface area (Å²) in [5, 5.41) is 22.0. The van der Waals surface area contributed by atoms with Crippen LogP contribution in [0, 0.1) is 0 Å². The number of hydrogen-bond acceptors (Lipinski definition) is 5. The molecule has 7 nitrogen and oxygen atoms in total. The lowest BCUT2D eigenvalue weighted by Crippen LogP contribution is -2.22. The first-order valence-electron chi connectivity index (χ1n) is 8.55. The molecule has 0 atom stereocenters. The quantitative estimate of drug-likeness (QED) is 0.574. The zero-order valence-corrected chi connectivity index (χ0v) is 15.9. The molecule has 0 aliphatic heterocycles. The van der Waals surface area contributed by atoms with Gasteiger partial charge in [-0.1, -0.05) is 19.6 Å². The van der Waals surface area contributed by atoms with E-state index in [1.165, 1.54) is 4.68 Å². The highest BCUT2D eigenvalue weighted by molar-refractivity contribution is 6.76. The lowest BCUT2D eigenvalue weighted by Gasteiger charge is -2.15. The van der Waals surface area contributed by atoms with Gasteiger partial charge in [0.2, 0.25) is 0 Å². The molecule has 8 heteroatoms. The molecule has 134 valence electrons. The molecule has 1 N–H and O–H groups in total. The average molecular weight is 360 g/mol. The van der Waals surface area contributed by atoms with Crippen LogP contribution in [0.25, 0.3) is 11.3 Å². The fourth-order valence-corrected chi connectivity index (χ4v) is 3.48. The molecule has 0 radical (unpaired) electrons. The Morgan fingerprint density at radius 1 is 1.36 bits per heavy atom. The normalized spacial score (nSPS) is 14.7. The van der Waals surface area contributed by atoms with Gasteiger partial charge < -0.3 is 9.84 Å². The van der Waals surface area contributed by atoms with Crippen LogP contribution in [-0.2, 0) is 11.5 Å². The van der Waals surface area contributed by atoms with Gasteiger partial charge in [0.15, 0.2) is 5.69 Å². The lowest BCUT2D eigenvalue weighted by atomic mass is 10.0. The van der Waals surface area contributed by atoms with Gasteiger partial charge in [0.25, 0.3) is 0 Å². The highest BCUT2D eigenvalue weighted by Gasteiger charge is 2.35. The predicted molar refractivity (Wildman–Crippen MR) is 96.3 cm³/mol. The van der Waals surface area contributed by atoms with E-state index in [1.807, 2.05) is 6.07 Å². The van der Waals surface area contributed by atoms with Crippen LogP contribution in [0.3, 0.4) is 0 Å². The Balaban J connectivity index is 1.88. The topological polar surface area (TPSA) is 90.1 Å². The maximum Gasteiger partial charge on any atom is 0.354 e. The van der Waals surface area contributed by atoms with Gasteiger partial charge in [0.05, 0.1) is 18.1 Å². The van der Waals surface area contributed by atoms with Crippen molar-refractivity contribution in [2.45, 2.75) is 51.2 Å². The average Bonchev–Trinajstić information content (AvgIpc) is 3.32. The summed E-state index contributed by atoms with van der Waals surface area (Å²) in [6.45, 7) is 7.63. The molecular formula is C17H24N4O3Si. The number of rotatable bonds is 8. The standard InChI is InChI=1S/C17H24N4O3Si/c1-25(2,3)9-8-24-11-21-16(17(22)23)14(12-4-5-12)15(20-21)13-6-7-18-19-10-13/h6-7,10,12H,4-5,8-9,11H2,1-3H3,(H,22,23). The SMILES string of the molecule is C[Si](C)(C)CCOCn1nc(-c2ccnnc2)c(C2CC2)c1C(=O)O. The molecule has 3 rings (SSSR count). The van der Waals surface area contributed by atoms with E-state index in [4.69, 9.17) is 4.74 Å². The number of carboxylic acid groups (broad SMARTS) is 1. The Labute approximate surface area is 148 Å². The van der Waals surface area contributed by atoms with Crippen LogP contribution in [0.15, 0.2) is 18.5 Å². The van der Waals surface area contributed by atoms with E-state index >= 15 is 0 Å². The molecule has 1 aliphatic carbocycles. The van der Waals surface area contributed by atoms with Gasteiger partial charge in [-0.15, -0.1) is 0 Å². The summed E-state index contributed by atoms with van der Waals surface area (Å²) in [5.74, 6) is -0.707. The molecule has 0 aromatic carbocycles. The van der Waals surface area contributed by atoms with Crippen LogP contribution >= 0.6 is 0 Å². The van der Waals surface area contributed by atoms with Crippen molar-refractivity contribution in [2.75, 3.05) is 6.61 Å². The van der Waals surface area contributed by atoms with E-state index in [2.05, 4.69) is 34.9 Å². The van der Waals surface area contributed by atoms with Crippen molar-refractivity contribution in [1.29, 1.82) is 0 Å². The van der Waals surface area contributed by atoms with Crippen LogP contribution in [0.5, 0.6) is 0 Å². The van der Waals surface area contributed by atoms with Gasteiger partial charge in [-0.3, -0.25) is 0 Å². The molecular weight excluding hydrogens is 336 g/mol. The Kier molecular flexibility index (Phi) is 5.00. The minimum absolute atomic E-state index is 0.157. The third-order valence-electron chi connectivity index (χ3n) is 4.24. The molecule has 0 amide bonds. The summed E-state index contributed by atoms with van der Waals surface area (Å²) in [7, 11) is -1.18. The van der Waals surface area contributed by atoms with Gasteiger partial charge in [0, 0.05) is 25.8 Å². The van der Waals surface area contributed by atoms with Crippen molar-refractivity contribution >= 4 is 14.0 Å². The minimum Gasteiger partial charge on any atom is -0.477 e. The lowest BCUT2D eigenvalue weighted by molar-refractivity contribution is 0.0589. The summed E-state index contributed by atoms with van der Waals surface area (Å²) in [6, 6.07) is 2.84. The number of nitrogens with zero attached hydrogens (tertiary/aromatic N) is 4. The van der Waals surface area contributed by atoms with Crippen molar-refractivity contribution in [3.05, 3.63) is 29.7 Å². The van der Waals surface area contributed by atoms with Crippen molar-refractivity contribution in [2.24, 2.45) is 0 Å². The second-order valence-electron chi connectivity index (χ2n) is 7.67. The van der Waals surface area contributed by atoms with Crippen molar-refractivity contribution in [3.63, 3.8) is 0 Å². The van der Waals surface area contributed by atoms with Gasteiger partial charge in [-0.25, -0.2) is 9.48 Å². The number of carboxylic acids is 1. The van der Waals surface area contributed by atoms with E-state index in [-0.39, 0.29) is 18.3 Å². The fourth-order valence-electron chi connectivity index (χ4n) is 2.73. The zero-order chi connectivity index (χ0) is 18.0. The maximum absolute atomic E-state index is 11.9. The zero-order valence-electron chi connectivity index (χ0n) is 14.9. The monoisotopic (exact) mass is 360 g/mol. The predicted octanol–water partition coefficient (Wildman–Crippen LogP) is 3.23. The van der Waals surface area contributed by atoms with Gasteiger partial charge in [-0.05, 0) is 30.9 Å². The third kappa shape index (κ3) is 4.32. The van der Waals surface area contributed by atoms with Crippen molar-refractivity contribution < 1.29 is 14.6 Å². The summed E-state index contributed by atoms with van der Waals surface area (Å²) >= 11 is 0. The minimum atomic E-state index is -1.18. The fraction of sp³-hybridized carbons (Fsp3) is 0.529. The number of aromatic nitrogens is 4. The first kappa shape index (κ1) is 17.8. The van der Waals surface area contributed by atoms with Crippen LogP contribution in [-0.4, -0.2) is 45.7 Å². The Morgan fingerprint density at radius 2 is 2.12 bits per heavy atom. The Hall–Kier alpha value is -2.06. The first-order chi connectivity index (χ1) is 11.9. The Bertz CT molecular complexity index is 751. The molecule has 1 fully saturated rings. The molecule has 0 saturated heterocycles. The first-order valence-corrected chi connectivity index (χ1v) is 12.3. The molecule has 2 aromatic heterocycles. The largest absolute Gasteiger partial charge is 0.477 e. The van der Waals surface area contributed by atoms with Crippen molar-refractivity contribution in [3.8, 4) is 11.3 Å². The molecule has 2 heterocycles. The highest BCUT2D eigenvalue weighted by atomic mass is 28.3. The van der Waals surface area contributed by atoms with E-state index in [0.29, 0.717) is 12.3 Å². The van der Waals surface area contributed by atoms with E-state index in [1.54, 1.807) is 12.4 Å². The second kappa shape index (κ2) is 7.05. The summed E-state index contributed by atoms with van der Waals surface area (Å²) in [5.41, 5.74) is 2.51. The van der Waals surface area contributed by atoms with Crippen LogP contribution in [0.2, 0.25) is 25.7 Å². The van der Waals surface area contributed by atoms with Crippen LogP contribution < -0.4 is 0 Å². The van der Waals surface area contributed by atoms with Gasteiger partial charge in [0.1, 0.15) is 6.73 Å². The maximum atomic E-state index is 11.9. The number of carbonyl (C=O) groups is 1. The number of ether oxygens (including phenoxy) is 1. The Morgan fingerprint density at radius 3 is 2.68 bits per heavy atom. The third-order valence-corrected chi connectivity index (χ3v) is 5.95. The molecule has 0 bridgehead atoms. The van der Waals surface area contributed by atoms with E-state index < -0.39 is 14.0 Å². The van der Waals surface area contributed by atoms with Gasteiger partial charge >= 0.3 is 5.97 Å². The summed E-state index contributed by atoms with van der Waals surface area (Å²) in [6.07, 6.45) is 5.20. The highest BCUT2D eigenvalue weighted by Crippen LogP contribution is 2.46. The van der Waals surface area contributed by atoms with Gasteiger partial charge in [-0.2, -0.15) is 15.3 Å². The molecule has 1 saturated carbocycles. The number of aromatic carboxylic acids is 1. The van der Waals surface area contributed by atoms with E-state index in [0.717, 1.165) is 30.0 Å². The molecule has 1 aliphatic rings. The second-order valence-corrected chi connectivity index (χ2v) is 13.3. The summed E-state index contributed by atoms with van der Waals surface area (Å²) < 4.78 is 7.22. The molecule has 0 spiro atoms. The molecule has 0 unspecified atom stereocenters. The number of hydrogen-bond donors (Lipinski definition) is 1. The smallest absolute Gasteiger partial charge is 0.354 e. The summed E-state index contributed by atoms with van der Waals surface area (Å²) in [4.78, 5) is 11.9. The molecule has 2 aromatic rings. The van der Waals surface area contributed by atoms with E-state index in [9.17, 15) is 9.90 Å². The van der Waals surface area contributed by atoms with Crippen LogP contribution in [0.4, 0.5) is 0 Å².